The normalized spacial score (nSPS) is 24.2. The molecule has 0 bridgehead atoms. The Morgan fingerprint density at radius 2 is 2.03 bits per heavy atom. The lowest BCUT2D eigenvalue weighted by Crippen LogP contribution is -2.49. The van der Waals surface area contributed by atoms with E-state index in [0.717, 1.165) is 12.8 Å². The number of hydrogen-bond donors (Lipinski definition) is 1. The number of aliphatic hydroxyl groups is 1. The van der Waals surface area contributed by atoms with Crippen LogP contribution in [0.4, 0.5) is 13.2 Å². The number of aryl methyl sites for hydroxylation is 1. The van der Waals surface area contributed by atoms with Crippen molar-refractivity contribution in [1.82, 2.24) is 14.5 Å². The van der Waals surface area contributed by atoms with Crippen LogP contribution in [0.25, 0.3) is 11.2 Å². The Labute approximate surface area is 179 Å². The van der Waals surface area contributed by atoms with Gasteiger partial charge in [0.25, 0.3) is 0 Å². The highest BCUT2D eigenvalue weighted by Crippen LogP contribution is 2.55. The summed E-state index contributed by atoms with van der Waals surface area (Å²) >= 11 is 0. The van der Waals surface area contributed by atoms with Crippen LogP contribution in [-0.4, -0.2) is 56.4 Å². The molecule has 2 atom stereocenters. The third kappa shape index (κ3) is 3.86. The third-order valence-corrected chi connectivity index (χ3v) is 6.56. The minimum Gasteiger partial charge on any atom is -0.394 e. The summed E-state index contributed by atoms with van der Waals surface area (Å²) in [5.74, 6) is 0. The molecule has 2 aromatic rings. The summed E-state index contributed by atoms with van der Waals surface area (Å²) in [7, 11) is 1.62. The molecule has 1 N–H and O–H groups in total. The van der Waals surface area contributed by atoms with E-state index in [1.807, 2.05) is 13.8 Å². The van der Waals surface area contributed by atoms with E-state index < -0.39 is 17.6 Å². The van der Waals surface area contributed by atoms with Gasteiger partial charge >= 0.3 is 6.18 Å². The summed E-state index contributed by atoms with van der Waals surface area (Å²) in [5.41, 5.74) is 0.530. The molecule has 0 saturated heterocycles. The molecule has 0 amide bonds. The summed E-state index contributed by atoms with van der Waals surface area (Å²) < 4.78 is 49.1. The molecule has 0 spiro atoms. The lowest BCUT2D eigenvalue weighted by Gasteiger charge is -2.43. The molecule has 170 valence electrons. The number of fused-ring (bicyclic) bond motifs is 1. The van der Waals surface area contributed by atoms with Gasteiger partial charge in [-0.05, 0) is 52.0 Å². The molecular weight excluding hydrogens is 409 g/mol. The number of alkyl halides is 3. The SMILES string of the molecule is CC(C)O[C@@H]1CCCC(c2cnc3cc(C4(C(F)(F)F)CCC4)n(C)c3n2)=N[C@H]1CO. The summed E-state index contributed by atoms with van der Waals surface area (Å²) in [4.78, 5) is 13.8. The van der Waals surface area contributed by atoms with E-state index in [1.165, 1.54) is 10.6 Å². The molecule has 1 aliphatic carbocycles. The average Bonchev–Trinajstić information content (AvgIpc) is 2.84. The predicted molar refractivity (Wildman–Crippen MR) is 111 cm³/mol. The van der Waals surface area contributed by atoms with Crippen molar-refractivity contribution in [3.8, 4) is 0 Å². The Balaban J connectivity index is 1.71. The predicted octanol–water partition coefficient (Wildman–Crippen LogP) is 4.08. The molecule has 2 aromatic heterocycles. The Kier molecular flexibility index (Phi) is 5.85. The number of nitrogens with zero attached hydrogens (tertiary/aromatic N) is 4. The quantitative estimate of drug-likeness (QED) is 0.764. The van der Waals surface area contributed by atoms with E-state index in [1.54, 1.807) is 13.2 Å². The van der Waals surface area contributed by atoms with Crippen molar-refractivity contribution in [3.05, 3.63) is 23.7 Å². The average molecular weight is 438 g/mol. The molecule has 4 rings (SSSR count). The molecule has 0 unspecified atom stereocenters. The molecule has 3 heterocycles. The van der Waals surface area contributed by atoms with E-state index in [4.69, 9.17) is 9.73 Å². The highest BCUT2D eigenvalue weighted by atomic mass is 19.4. The second-order valence-electron chi connectivity index (χ2n) is 8.93. The Morgan fingerprint density at radius 3 is 2.61 bits per heavy atom. The fourth-order valence-corrected chi connectivity index (χ4v) is 4.76. The molecule has 0 radical (unpaired) electrons. The maximum atomic E-state index is 13.9. The zero-order chi connectivity index (χ0) is 22.4. The van der Waals surface area contributed by atoms with Crippen LogP contribution in [0, 0.1) is 0 Å². The van der Waals surface area contributed by atoms with Crippen LogP contribution >= 0.6 is 0 Å². The molecule has 9 heteroatoms. The van der Waals surface area contributed by atoms with Gasteiger partial charge in [-0.25, -0.2) is 4.98 Å². The largest absolute Gasteiger partial charge is 0.399 e. The maximum Gasteiger partial charge on any atom is 0.399 e. The van der Waals surface area contributed by atoms with E-state index in [9.17, 15) is 18.3 Å². The van der Waals surface area contributed by atoms with Gasteiger partial charge in [0.05, 0.1) is 36.8 Å². The van der Waals surface area contributed by atoms with Gasteiger partial charge < -0.3 is 14.4 Å². The fourth-order valence-electron chi connectivity index (χ4n) is 4.76. The highest BCUT2D eigenvalue weighted by Gasteiger charge is 2.60. The van der Waals surface area contributed by atoms with Crippen molar-refractivity contribution in [2.24, 2.45) is 12.0 Å². The van der Waals surface area contributed by atoms with Crippen molar-refractivity contribution in [2.75, 3.05) is 6.61 Å². The summed E-state index contributed by atoms with van der Waals surface area (Å²) in [6.07, 6.45) is 0.116. The first-order valence-electron chi connectivity index (χ1n) is 10.9. The second-order valence-corrected chi connectivity index (χ2v) is 8.93. The van der Waals surface area contributed by atoms with E-state index in [2.05, 4.69) is 9.97 Å². The van der Waals surface area contributed by atoms with Crippen molar-refractivity contribution in [1.29, 1.82) is 0 Å². The van der Waals surface area contributed by atoms with E-state index in [-0.39, 0.29) is 37.4 Å². The van der Waals surface area contributed by atoms with Crippen molar-refractivity contribution >= 4 is 16.9 Å². The molecule has 31 heavy (non-hydrogen) atoms. The number of rotatable bonds is 5. The number of aromatic nitrogens is 3. The van der Waals surface area contributed by atoms with Gasteiger partial charge in [0, 0.05) is 12.7 Å². The number of aliphatic hydroxyl groups excluding tert-OH is 1. The van der Waals surface area contributed by atoms with Gasteiger partial charge in [-0.15, -0.1) is 0 Å². The zero-order valence-electron chi connectivity index (χ0n) is 18.1. The Morgan fingerprint density at radius 1 is 1.29 bits per heavy atom. The summed E-state index contributed by atoms with van der Waals surface area (Å²) in [6.45, 7) is 3.76. The van der Waals surface area contributed by atoms with Gasteiger partial charge in [0.15, 0.2) is 5.65 Å². The smallest absolute Gasteiger partial charge is 0.394 e. The lowest BCUT2D eigenvalue weighted by molar-refractivity contribution is -0.214. The van der Waals surface area contributed by atoms with Crippen LogP contribution in [0.2, 0.25) is 0 Å². The second kappa shape index (κ2) is 8.16. The van der Waals surface area contributed by atoms with Crippen LogP contribution in [0.15, 0.2) is 17.3 Å². The molecule has 1 aliphatic heterocycles. The molecule has 2 aliphatic rings. The van der Waals surface area contributed by atoms with Crippen LogP contribution in [0.5, 0.6) is 0 Å². The maximum absolute atomic E-state index is 13.9. The minimum atomic E-state index is -4.30. The van der Waals surface area contributed by atoms with Crippen LogP contribution < -0.4 is 0 Å². The number of aliphatic imine (C=N–C) groups is 1. The minimum absolute atomic E-state index is 0.0289. The Bertz CT molecular complexity index is 979. The monoisotopic (exact) mass is 438 g/mol. The molecule has 6 nitrogen and oxygen atoms in total. The van der Waals surface area contributed by atoms with Gasteiger partial charge in [-0.1, -0.05) is 6.42 Å². The summed E-state index contributed by atoms with van der Waals surface area (Å²) in [6, 6.07) is 1.13. The fraction of sp³-hybridized carbons (Fsp3) is 0.682. The first-order chi connectivity index (χ1) is 14.7. The van der Waals surface area contributed by atoms with Crippen LogP contribution in [0.3, 0.4) is 0 Å². The first kappa shape index (κ1) is 22.2. The first-order valence-corrected chi connectivity index (χ1v) is 10.9. The van der Waals surface area contributed by atoms with Crippen molar-refractivity contribution in [3.63, 3.8) is 0 Å². The topological polar surface area (TPSA) is 72.5 Å². The van der Waals surface area contributed by atoms with E-state index in [0.29, 0.717) is 35.4 Å². The van der Waals surface area contributed by atoms with E-state index >= 15 is 0 Å². The van der Waals surface area contributed by atoms with Crippen LogP contribution in [0.1, 0.15) is 63.8 Å². The number of ether oxygens (including phenoxy) is 1. The third-order valence-electron chi connectivity index (χ3n) is 6.56. The van der Waals surface area contributed by atoms with Gasteiger partial charge in [-0.3, -0.25) is 9.98 Å². The van der Waals surface area contributed by atoms with Gasteiger partial charge in [-0.2, -0.15) is 13.2 Å². The molecule has 1 fully saturated rings. The van der Waals surface area contributed by atoms with Gasteiger partial charge in [0.1, 0.15) is 16.6 Å². The molecule has 0 aromatic carbocycles. The lowest BCUT2D eigenvalue weighted by atomic mass is 9.66. The highest BCUT2D eigenvalue weighted by molar-refractivity contribution is 6.00. The number of hydrogen-bond acceptors (Lipinski definition) is 5. The molecular formula is C22H29F3N4O2. The Hall–Kier alpha value is -2.00. The van der Waals surface area contributed by atoms with Gasteiger partial charge in [0.2, 0.25) is 0 Å². The number of halogens is 3. The van der Waals surface area contributed by atoms with Crippen molar-refractivity contribution < 1.29 is 23.0 Å². The van der Waals surface area contributed by atoms with Crippen LogP contribution in [-0.2, 0) is 17.2 Å². The standard InChI is InChI=1S/C22H29F3N4O2/c1-13(2)31-18-7-4-6-14(27-17(18)12-30)16-11-26-15-10-19(29(3)20(15)28-16)21(8-5-9-21)22(23,24)25/h10-11,13,17-18,30H,4-9,12H2,1-3H3/t17-,18+/m0/s1. The van der Waals surface area contributed by atoms with Crippen molar-refractivity contribution in [2.45, 2.75) is 82.2 Å². The molecule has 1 saturated carbocycles. The summed E-state index contributed by atoms with van der Waals surface area (Å²) in [5, 5.41) is 9.85. The zero-order valence-corrected chi connectivity index (χ0v) is 18.1.